The molecule has 5 rings (SSSR count). The number of pyridine rings is 1. The molecule has 0 spiro atoms. The van der Waals surface area contributed by atoms with Crippen LogP contribution in [0, 0.1) is 5.82 Å². The smallest absolute Gasteiger partial charge is 0.278 e. The molecule has 9 heteroatoms. The van der Waals surface area contributed by atoms with Gasteiger partial charge in [0.15, 0.2) is 16.3 Å². The molecule has 33 heavy (non-hydrogen) atoms. The summed E-state index contributed by atoms with van der Waals surface area (Å²) in [5, 5.41) is 12.3. The SMILES string of the molecule is O=C1c2c(O)c(=O)ccn2N2CN1C/C=C\COc1ccc(F)cc1[C@@]2(S)c1ccccc1. The van der Waals surface area contributed by atoms with E-state index >= 15 is 0 Å². The van der Waals surface area contributed by atoms with E-state index in [1.54, 1.807) is 23.2 Å². The Labute approximate surface area is 194 Å². The van der Waals surface area contributed by atoms with Gasteiger partial charge in [-0.15, -0.1) is 12.6 Å². The lowest BCUT2D eigenvalue weighted by Crippen LogP contribution is -2.61. The van der Waals surface area contributed by atoms with E-state index in [0.717, 1.165) is 0 Å². The first-order valence-corrected chi connectivity index (χ1v) is 10.7. The summed E-state index contributed by atoms with van der Waals surface area (Å²) in [7, 11) is 0. The van der Waals surface area contributed by atoms with Crippen LogP contribution in [0.1, 0.15) is 21.6 Å². The average molecular weight is 466 g/mol. The summed E-state index contributed by atoms with van der Waals surface area (Å²) >= 11 is 5.11. The Kier molecular flexibility index (Phi) is 5.13. The zero-order chi connectivity index (χ0) is 23.2. The fourth-order valence-electron chi connectivity index (χ4n) is 4.18. The molecule has 0 aliphatic carbocycles. The number of fused-ring (bicyclic) bond motifs is 5. The number of carbonyl (C=O) groups is 1. The molecule has 1 aromatic heterocycles. The number of benzene rings is 2. The lowest BCUT2D eigenvalue weighted by Gasteiger charge is -2.48. The standard InChI is InChI=1S/C24H20FN3O4S/c25-17-8-9-20-18(14-17)24(33,16-6-2-1-3-7-16)28-15-26(11-4-5-13-32-20)23(31)21-22(30)19(29)10-12-27(21)28/h1-10,12,14,30,33H,11,13,15H2/b5-4-/t24-/m0/s1. The van der Waals surface area contributed by atoms with Gasteiger partial charge in [-0.1, -0.05) is 36.4 Å². The quantitative estimate of drug-likeness (QED) is 0.427. The second-order valence-corrected chi connectivity index (χ2v) is 8.40. The molecule has 3 heterocycles. The summed E-state index contributed by atoms with van der Waals surface area (Å²) in [6.07, 6.45) is 4.93. The van der Waals surface area contributed by atoms with Crippen molar-refractivity contribution in [3.63, 3.8) is 0 Å². The van der Waals surface area contributed by atoms with E-state index in [2.05, 4.69) is 0 Å². The van der Waals surface area contributed by atoms with Crippen LogP contribution in [0.4, 0.5) is 4.39 Å². The third-order valence-electron chi connectivity index (χ3n) is 5.80. The van der Waals surface area contributed by atoms with Crippen LogP contribution in [0.15, 0.2) is 77.7 Å². The van der Waals surface area contributed by atoms with Crippen LogP contribution in [0.2, 0.25) is 0 Å². The van der Waals surface area contributed by atoms with Gasteiger partial charge in [0, 0.05) is 24.4 Å². The van der Waals surface area contributed by atoms with Gasteiger partial charge in [-0.3, -0.25) is 19.3 Å². The van der Waals surface area contributed by atoms with Crippen molar-refractivity contribution in [3.05, 3.63) is 106 Å². The van der Waals surface area contributed by atoms with Gasteiger partial charge in [0.05, 0.1) is 0 Å². The molecule has 2 aromatic carbocycles. The Morgan fingerprint density at radius 3 is 2.64 bits per heavy atom. The van der Waals surface area contributed by atoms with Gasteiger partial charge in [-0.05, 0) is 29.8 Å². The van der Waals surface area contributed by atoms with E-state index < -0.39 is 27.8 Å². The summed E-state index contributed by atoms with van der Waals surface area (Å²) in [4.78, 5) is 25.6. The van der Waals surface area contributed by atoms with Crippen molar-refractivity contribution in [1.29, 1.82) is 0 Å². The third kappa shape index (κ3) is 3.36. The highest BCUT2D eigenvalue weighted by atomic mass is 32.1. The van der Waals surface area contributed by atoms with Crippen molar-refractivity contribution in [3.8, 4) is 11.5 Å². The van der Waals surface area contributed by atoms with E-state index in [4.69, 9.17) is 17.4 Å². The first-order chi connectivity index (χ1) is 15.9. The number of rotatable bonds is 1. The number of hydrogen-bond donors (Lipinski definition) is 2. The van der Waals surface area contributed by atoms with E-state index in [-0.39, 0.29) is 25.5 Å². The molecule has 3 aromatic rings. The molecule has 0 unspecified atom stereocenters. The lowest BCUT2D eigenvalue weighted by molar-refractivity contribution is 0.0697. The zero-order valence-corrected chi connectivity index (χ0v) is 18.3. The lowest BCUT2D eigenvalue weighted by atomic mass is 9.95. The van der Waals surface area contributed by atoms with Crippen molar-refractivity contribution >= 4 is 18.5 Å². The van der Waals surface area contributed by atoms with Gasteiger partial charge in [0.1, 0.15) is 24.8 Å². The molecule has 168 valence electrons. The Morgan fingerprint density at radius 1 is 1.06 bits per heavy atom. The Balaban J connectivity index is 1.87. The second kappa shape index (κ2) is 8.00. The highest BCUT2D eigenvalue weighted by Crippen LogP contribution is 2.45. The minimum Gasteiger partial charge on any atom is -0.502 e. The number of hydrogen-bond acceptors (Lipinski definition) is 6. The number of aromatic nitrogens is 1. The number of aromatic hydroxyl groups is 1. The molecule has 0 saturated carbocycles. The highest BCUT2D eigenvalue weighted by Gasteiger charge is 2.45. The highest BCUT2D eigenvalue weighted by molar-refractivity contribution is 7.81. The number of ether oxygens (including phenoxy) is 1. The van der Waals surface area contributed by atoms with Crippen molar-refractivity contribution < 1.29 is 19.0 Å². The van der Waals surface area contributed by atoms with E-state index in [1.807, 2.05) is 30.3 Å². The van der Waals surface area contributed by atoms with Gasteiger partial charge in [0.25, 0.3) is 5.91 Å². The average Bonchev–Trinajstić information content (AvgIpc) is 2.84. The molecule has 1 N–H and O–H groups in total. The maximum Gasteiger partial charge on any atom is 0.278 e. The van der Waals surface area contributed by atoms with Gasteiger partial charge in [0.2, 0.25) is 5.43 Å². The molecule has 7 nitrogen and oxygen atoms in total. The molecule has 0 saturated heterocycles. The van der Waals surface area contributed by atoms with E-state index in [0.29, 0.717) is 16.9 Å². The summed E-state index contributed by atoms with van der Waals surface area (Å²) in [5.41, 5.74) is 0.227. The van der Waals surface area contributed by atoms with E-state index in [9.17, 15) is 19.1 Å². The van der Waals surface area contributed by atoms with Crippen LogP contribution in [0.3, 0.4) is 0 Å². The maximum absolute atomic E-state index is 14.6. The van der Waals surface area contributed by atoms with Crippen LogP contribution in [0.25, 0.3) is 0 Å². The second-order valence-electron chi connectivity index (χ2n) is 7.75. The number of nitrogens with zero attached hydrogens (tertiary/aromatic N) is 3. The molecule has 2 bridgehead atoms. The van der Waals surface area contributed by atoms with Gasteiger partial charge in [-0.2, -0.15) is 0 Å². The third-order valence-corrected chi connectivity index (χ3v) is 6.53. The zero-order valence-electron chi connectivity index (χ0n) is 17.4. The van der Waals surface area contributed by atoms with E-state index in [1.165, 1.54) is 34.0 Å². The summed E-state index contributed by atoms with van der Waals surface area (Å²) < 4.78 is 21.9. The molecule has 0 fully saturated rings. The predicted molar refractivity (Wildman–Crippen MR) is 124 cm³/mol. The van der Waals surface area contributed by atoms with Crippen LogP contribution >= 0.6 is 12.6 Å². The van der Waals surface area contributed by atoms with Crippen molar-refractivity contribution in [1.82, 2.24) is 9.58 Å². The monoisotopic (exact) mass is 465 g/mol. The summed E-state index contributed by atoms with van der Waals surface area (Å²) in [5.74, 6) is -1.23. The predicted octanol–water partition coefficient (Wildman–Crippen LogP) is 2.82. The van der Waals surface area contributed by atoms with Crippen molar-refractivity contribution in [2.75, 3.05) is 24.8 Å². The number of thiol groups is 1. The van der Waals surface area contributed by atoms with Crippen LogP contribution < -0.4 is 15.2 Å². The Hall–Kier alpha value is -3.72. The topological polar surface area (TPSA) is 75.0 Å². The summed E-state index contributed by atoms with van der Waals surface area (Å²) in [6, 6.07) is 14.6. The Bertz CT molecular complexity index is 1330. The van der Waals surface area contributed by atoms with Gasteiger partial charge in [-0.25, -0.2) is 4.39 Å². The van der Waals surface area contributed by atoms with Crippen LogP contribution in [-0.2, 0) is 4.87 Å². The maximum atomic E-state index is 14.6. The van der Waals surface area contributed by atoms with Crippen molar-refractivity contribution in [2.24, 2.45) is 0 Å². The minimum atomic E-state index is -1.35. The molecular weight excluding hydrogens is 445 g/mol. The minimum absolute atomic E-state index is 0.0484. The molecule has 1 atom stereocenters. The van der Waals surface area contributed by atoms with Crippen LogP contribution in [-0.4, -0.2) is 40.4 Å². The number of amides is 1. The number of carbonyl (C=O) groups excluding carboxylic acids is 1. The van der Waals surface area contributed by atoms with Gasteiger partial charge < -0.3 is 14.7 Å². The fourth-order valence-corrected chi connectivity index (χ4v) is 4.67. The summed E-state index contributed by atoms with van der Waals surface area (Å²) in [6.45, 7) is 0.465. The molecular formula is C24H20FN3O4S. The number of halogens is 1. The van der Waals surface area contributed by atoms with Crippen molar-refractivity contribution in [2.45, 2.75) is 4.87 Å². The largest absolute Gasteiger partial charge is 0.502 e. The first-order valence-electron chi connectivity index (χ1n) is 10.3. The normalized spacial score (nSPS) is 20.8. The van der Waals surface area contributed by atoms with Crippen LogP contribution in [0.5, 0.6) is 11.5 Å². The Morgan fingerprint density at radius 2 is 1.85 bits per heavy atom. The molecule has 0 radical (unpaired) electrons. The first kappa shape index (κ1) is 21.1. The molecule has 2 aliphatic heterocycles. The fraction of sp³-hybridized carbons (Fsp3) is 0.167. The van der Waals surface area contributed by atoms with Gasteiger partial charge >= 0.3 is 0 Å². The molecule has 1 amide bonds. The molecule has 2 aliphatic rings.